The highest BCUT2D eigenvalue weighted by atomic mass is 19.4. The maximum Gasteiger partial charge on any atom is 0.409 e. The van der Waals surface area contributed by atoms with Crippen LogP contribution in [0.25, 0.3) is 0 Å². The quantitative estimate of drug-likeness (QED) is 0.481. The van der Waals surface area contributed by atoms with Crippen molar-refractivity contribution >= 4 is 0 Å². The summed E-state index contributed by atoms with van der Waals surface area (Å²) in [4.78, 5) is 0. The number of alkyl halides is 3. The molecule has 0 aliphatic heterocycles. The lowest BCUT2D eigenvalue weighted by Crippen LogP contribution is -2.05. The van der Waals surface area contributed by atoms with Crippen molar-refractivity contribution in [3.8, 4) is 0 Å². The van der Waals surface area contributed by atoms with E-state index in [1.165, 1.54) is 0 Å². The van der Waals surface area contributed by atoms with Crippen LogP contribution in [0.3, 0.4) is 0 Å². The second-order valence-corrected chi connectivity index (χ2v) is 2.90. The highest BCUT2D eigenvalue weighted by molar-refractivity contribution is 5.07. The Labute approximate surface area is 64.1 Å². The van der Waals surface area contributed by atoms with Gasteiger partial charge >= 0.3 is 6.18 Å². The van der Waals surface area contributed by atoms with E-state index in [4.69, 9.17) is 0 Å². The number of halogens is 3. The summed E-state index contributed by atoms with van der Waals surface area (Å²) in [5.74, 6) is 0. The molecule has 0 unspecified atom stereocenters. The van der Waals surface area contributed by atoms with Crippen LogP contribution in [0.4, 0.5) is 13.2 Å². The molecular weight excluding hydrogens is 153 g/mol. The lowest BCUT2D eigenvalue weighted by Gasteiger charge is -2.13. The van der Waals surface area contributed by atoms with Gasteiger partial charge in [-0.05, 0) is 25.7 Å². The summed E-state index contributed by atoms with van der Waals surface area (Å²) < 4.78 is 35.3. The number of rotatable bonds is 0. The van der Waals surface area contributed by atoms with Crippen LogP contribution in [0.15, 0.2) is 11.6 Å². The van der Waals surface area contributed by atoms with Gasteiger partial charge in [0, 0.05) is 6.08 Å². The van der Waals surface area contributed by atoms with E-state index in [1.54, 1.807) is 0 Å². The maximum absolute atomic E-state index is 11.8. The molecule has 1 fully saturated rings. The van der Waals surface area contributed by atoms with E-state index in [1.807, 2.05) is 0 Å². The minimum absolute atomic E-state index is 0.464. The van der Waals surface area contributed by atoms with E-state index in [9.17, 15) is 13.2 Å². The van der Waals surface area contributed by atoms with E-state index in [0.29, 0.717) is 24.5 Å². The fraction of sp³-hybridized carbons (Fsp3) is 0.750. The van der Waals surface area contributed by atoms with E-state index in [0.717, 1.165) is 19.3 Å². The summed E-state index contributed by atoms with van der Waals surface area (Å²) in [5, 5.41) is 0. The monoisotopic (exact) mass is 164 g/mol. The molecule has 1 aliphatic carbocycles. The fourth-order valence-corrected chi connectivity index (χ4v) is 1.38. The third-order valence-electron chi connectivity index (χ3n) is 1.86. The van der Waals surface area contributed by atoms with Crippen molar-refractivity contribution < 1.29 is 13.2 Å². The van der Waals surface area contributed by atoms with Gasteiger partial charge in [0.1, 0.15) is 0 Å². The highest BCUT2D eigenvalue weighted by Gasteiger charge is 2.24. The molecule has 1 rings (SSSR count). The molecule has 11 heavy (non-hydrogen) atoms. The Morgan fingerprint density at radius 3 is 2.00 bits per heavy atom. The van der Waals surface area contributed by atoms with Crippen molar-refractivity contribution in [2.24, 2.45) is 0 Å². The molecule has 0 aromatic carbocycles. The van der Waals surface area contributed by atoms with Crippen LogP contribution in [-0.2, 0) is 0 Å². The first-order chi connectivity index (χ1) is 5.08. The molecule has 0 radical (unpaired) electrons. The number of allylic oxidation sites excluding steroid dienone is 2. The molecule has 0 saturated heterocycles. The van der Waals surface area contributed by atoms with E-state index in [2.05, 4.69) is 0 Å². The Bertz CT molecular complexity index is 147. The van der Waals surface area contributed by atoms with Crippen LogP contribution in [0.1, 0.15) is 32.1 Å². The molecule has 0 atom stereocenters. The summed E-state index contributed by atoms with van der Waals surface area (Å²) in [7, 11) is 0. The van der Waals surface area contributed by atoms with Crippen molar-refractivity contribution in [3.63, 3.8) is 0 Å². The second-order valence-electron chi connectivity index (χ2n) is 2.90. The van der Waals surface area contributed by atoms with Gasteiger partial charge in [-0.25, -0.2) is 0 Å². The van der Waals surface area contributed by atoms with Gasteiger partial charge < -0.3 is 0 Å². The fourth-order valence-electron chi connectivity index (χ4n) is 1.38. The second kappa shape index (κ2) is 3.28. The Morgan fingerprint density at radius 1 is 1.00 bits per heavy atom. The standard InChI is InChI=1S/C8H11F3/c9-8(10,11)6-7-4-2-1-3-5-7/h6H,1-5H2. The molecule has 3 heteroatoms. The SMILES string of the molecule is FC(F)(F)C=C1CCCCC1. The Morgan fingerprint density at radius 2 is 1.55 bits per heavy atom. The van der Waals surface area contributed by atoms with Crippen LogP contribution in [0.5, 0.6) is 0 Å². The number of hydrogen-bond acceptors (Lipinski definition) is 0. The van der Waals surface area contributed by atoms with Gasteiger partial charge in [0.25, 0.3) is 0 Å². The van der Waals surface area contributed by atoms with Gasteiger partial charge in [0.15, 0.2) is 0 Å². The zero-order valence-corrected chi connectivity index (χ0v) is 6.25. The normalized spacial score (nSPS) is 20.1. The predicted molar refractivity (Wildman–Crippen MR) is 37.2 cm³/mol. The van der Waals surface area contributed by atoms with Gasteiger partial charge in [0.05, 0.1) is 0 Å². The summed E-state index contributed by atoms with van der Waals surface area (Å²) >= 11 is 0. The van der Waals surface area contributed by atoms with Crippen LogP contribution < -0.4 is 0 Å². The highest BCUT2D eigenvalue weighted by Crippen LogP contribution is 2.27. The molecule has 0 spiro atoms. The molecule has 1 saturated carbocycles. The largest absolute Gasteiger partial charge is 0.409 e. The van der Waals surface area contributed by atoms with E-state index < -0.39 is 6.18 Å². The van der Waals surface area contributed by atoms with Gasteiger partial charge in [-0.3, -0.25) is 0 Å². The summed E-state index contributed by atoms with van der Waals surface area (Å²) in [6.07, 6.45) is 0.552. The molecule has 0 heterocycles. The summed E-state index contributed by atoms with van der Waals surface area (Å²) in [5.41, 5.74) is 0.573. The first-order valence-electron chi connectivity index (χ1n) is 3.85. The molecule has 1 aliphatic rings. The van der Waals surface area contributed by atoms with E-state index in [-0.39, 0.29) is 0 Å². The van der Waals surface area contributed by atoms with Crippen molar-refractivity contribution in [1.29, 1.82) is 0 Å². The van der Waals surface area contributed by atoms with Crippen LogP contribution in [0, 0.1) is 0 Å². The van der Waals surface area contributed by atoms with Crippen LogP contribution >= 0.6 is 0 Å². The minimum atomic E-state index is -4.10. The topological polar surface area (TPSA) is 0 Å². The van der Waals surface area contributed by atoms with Crippen molar-refractivity contribution in [2.45, 2.75) is 38.3 Å². The zero-order valence-electron chi connectivity index (χ0n) is 6.25. The molecule has 0 aromatic rings. The maximum atomic E-state index is 11.8. The van der Waals surface area contributed by atoms with Gasteiger partial charge in [-0.1, -0.05) is 12.0 Å². The summed E-state index contributed by atoms with van der Waals surface area (Å²) in [6.45, 7) is 0. The van der Waals surface area contributed by atoms with Gasteiger partial charge in [-0.15, -0.1) is 0 Å². The van der Waals surface area contributed by atoms with Crippen molar-refractivity contribution in [3.05, 3.63) is 11.6 Å². The van der Waals surface area contributed by atoms with Crippen molar-refractivity contribution in [1.82, 2.24) is 0 Å². The Hall–Kier alpha value is -0.470. The van der Waals surface area contributed by atoms with Crippen LogP contribution in [-0.4, -0.2) is 6.18 Å². The van der Waals surface area contributed by atoms with Gasteiger partial charge in [-0.2, -0.15) is 13.2 Å². The average Bonchev–Trinajstić information content (AvgIpc) is 1.85. The third-order valence-corrected chi connectivity index (χ3v) is 1.86. The number of hydrogen-bond donors (Lipinski definition) is 0. The smallest absolute Gasteiger partial charge is 0.167 e. The molecular formula is C8H11F3. The molecule has 64 valence electrons. The average molecular weight is 164 g/mol. The molecule has 0 nitrogen and oxygen atoms in total. The lowest BCUT2D eigenvalue weighted by molar-refractivity contribution is -0.0808. The van der Waals surface area contributed by atoms with Crippen LogP contribution in [0.2, 0.25) is 0 Å². The van der Waals surface area contributed by atoms with E-state index >= 15 is 0 Å². The van der Waals surface area contributed by atoms with Gasteiger partial charge in [0.2, 0.25) is 0 Å². The first-order valence-corrected chi connectivity index (χ1v) is 3.85. The Kier molecular flexibility index (Phi) is 2.58. The summed E-state index contributed by atoms with van der Waals surface area (Å²) in [6, 6.07) is 0. The molecule has 0 aromatic heterocycles. The first kappa shape index (κ1) is 8.62. The third kappa shape index (κ3) is 3.44. The van der Waals surface area contributed by atoms with Crippen molar-refractivity contribution in [2.75, 3.05) is 0 Å². The Balaban J connectivity index is 2.50. The lowest BCUT2D eigenvalue weighted by atomic mass is 9.95. The molecule has 0 N–H and O–H groups in total. The predicted octanol–water partition coefficient (Wildman–Crippen LogP) is 3.44. The molecule has 0 amide bonds. The zero-order chi connectivity index (χ0) is 8.32. The minimum Gasteiger partial charge on any atom is -0.167 e. The molecule has 0 bridgehead atoms.